The molecule has 0 aliphatic heterocycles. The molecule has 0 saturated carbocycles. The molecule has 3 nitrogen and oxygen atoms in total. The molecule has 0 atom stereocenters. The van der Waals surface area contributed by atoms with Gasteiger partial charge in [0.05, 0.1) is 5.69 Å². The molecule has 0 fully saturated rings. The Bertz CT molecular complexity index is 641. The van der Waals surface area contributed by atoms with E-state index in [0.29, 0.717) is 11.3 Å². The summed E-state index contributed by atoms with van der Waals surface area (Å²) in [6, 6.07) is 7.81. The number of carbonyl (C=O) groups is 1. The van der Waals surface area contributed by atoms with Crippen LogP contribution in [0, 0.1) is 18.6 Å². The summed E-state index contributed by atoms with van der Waals surface area (Å²) in [6.07, 6.45) is 0. The van der Waals surface area contributed by atoms with Crippen molar-refractivity contribution in [2.75, 3.05) is 11.1 Å². The smallest absolute Gasteiger partial charge is 0.255 e. The van der Waals surface area contributed by atoms with Gasteiger partial charge in [-0.3, -0.25) is 4.79 Å². The third kappa shape index (κ3) is 2.88. The van der Waals surface area contributed by atoms with Crippen LogP contribution in [0.15, 0.2) is 36.4 Å². The second-order valence-corrected chi connectivity index (χ2v) is 4.15. The summed E-state index contributed by atoms with van der Waals surface area (Å²) in [5, 5.41) is 2.53. The fraction of sp³-hybridized carbons (Fsp3) is 0.0714. The molecule has 2 aromatic carbocycles. The Hall–Kier alpha value is -2.43. The number of hydrogen-bond acceptors (Lipinski definition) is 2. The van der Waals surface area contributed by atoms with E-state index in [0.717, 1.165) is 6.07 Å². The van der Waals surface area contributed by atoms with E-state index in [1.165, 1.54) is 24.3 Å². The Morgan fingerprint density at radius 3 is 2.58 bits per heavy atom. The van der Waals surface area contributed by atoms with Crippen molar-refractivity contribution in [3.8, 4) is 0 Å². The predicted octanol–water partition coefficient (Wildman–Crippen LogP) is 3.11. The van der Waals surface area contributed by atoms with E-state index >= 15 is 0 Å². The first kappa shape index (κ1) is 13.0. The molecule has 19 heavy (non-hydrogen) atoms. The van der Waals surface area contributed by atoms with Gasteiger partial charge in [0, 0.05) is 11.3 Å². The van der Waals surface area contributed by atoms with Crippen molar-refractivity contribution in [3.05, 3.63) is 59.2 Å². The monoisotopic (exact) mass is 262 g/mol. The lowest BCUT2D eigenvalue weighted by Gasteiger charge is -2.09. The van der Waals surface area contributed by atoms with Crippen molar-refractivity contribution in [1.82, 2.24) is 0 Å². The van der Waals surface area contributed by atoms with Crippen molar-refractivity contribution in [1.29, 1.82) is 0 Å². The van der Waals surface area contributed by atoms with Crippen LogP contribution in [0.25, 0.3) is 0 Å². The summed E-state index contributed by atoms with van der Waals surface area (Å²) in [6.45, 7) is 1.73. The summed E-state index contributed by atoms with van der Waals surface area (Å²) < 4.78 is 26.3. The van der Waals surface area contributed by atoms with E-state index in [4.69, 9.17) is 5.73 Å². The van der Waals surface area contributed by atoms with E-state index in [1.54, 1.807) is 13.0 Å². The summed E-state index contributed by atoms with van der Waals surface area (Å²) in [7, 11) is 0. The fourth-order valence-electron chi connectivity index (χ4n) is 1.59. The number of nitrogens with one attached hydrogen (secondary N) is 1. The van der Waals surface area contributed by atoms with Crippen LogP contribution >= 0.6 is 0 Å². The number of rotatable bonds is 2. The lowest BCUT2D eigenvalue weighted by molar-refractivity contribution is 0.102. The number of nitrogen functional groups attached to an aromatic ring is 1. The first-order valence-corrected chi connectivity index (χ1v) is 5.60. The lowest BCUT2D eigenvalue weighted by Crippen LogP contribution is -2.13. The number of benzene rings is 2. The van der Waals surface area contributed by atoms with Crippen molar-refractivity contribution in [2.45, 2.75) is 6.92 Å². The van der Waals surface area contributed by atoms with E-state index in [2.05, 4.69) is 5.32 Å². The zero-order valence-corrected chi connectivity index (χ0v) is 10.2. The molecule has 2 aromatic rings. The van der Waals surface area contributed by atoms with Crippen LogP contribution in [0.2, 0.25) is 0 Å². The summed E-state index contributed by atoms with van der Waals surface area (Å²) >= 11 is 0. The number of halogens is 2. The minimum atomic E-state index is -0.663. The fourth-order valence-corrected chi connectivity index (χ4v) is 1.59. The highest BCUT2D eigenvalue weighted by atomic mass is 19.1. The van der Waals surface area contributed by atoms with Gasteiger partial charge in [0.1, 0.15) is 11.6 Å². The van der Waals surface area contributed by atoms with Crippen LogP contribution < -0.4 is 11.1 Å². The summed E-state index contributed by atoms with van der Waals surface area (Å²) in [5.41, 5.74) is 6.48. The van der Waals surface area contributed by atoms with Crippen LogP contribution in [0.3, 0.4) is 0 Å². The van der Waals surface area contributed by atoms with Gasteiger partial charge in [0.25, 0.3) is 5.91 Å². The van der Waals surface area contributed by atoms with Gasteiger partial charge in [-0.25, -0.2) is 8.78 Å². The Kier molecular flexibility index (Phi) is 3.46. The molecular formula is C14H12F2N2O. The number of aryl methyl sites for hydroxylation is 1. The number of hydrogen-bond donors (Lipinski definition) is 2. The topological polar surface area (TPSA) is 55.1 Å². The van der Waals surface area contributed by atoms with E-state index in [-0.39, 0.29) is 11.3 Å². The second-order valence-electron chi connectivity index (χ2n) is 4.15. The normalized spacial score (nSPS) is 10.3. The van der Waals surface area contributed by atoms with Gasteiger partial charge < -0.3 is 11.1 Å². The number of anilines is 2. The largest absolute Gasteiger partial charge is 0.396 e. The predicted molar refractivity (Wildman–Crippen MR) is 69.9 cm³/mol. The van der Waals surface area contributed by atoms with Gasteiger partial charge >= 0.3 is 0 Å². The maximum absolute atomic E-state index is 13.3. The van der Waals surface area contributed by atoms with E-state index in [1.807, 2.05) is 0 Å². The molecule has 0 unspecified atom stereocenters. The Morgan fingerprint density at radius 2 is 1.89 bits per heavy atom. The highest BCUT2D eigenvalue weighted by Gasteiger charge is 2.10. The minimum Gasteiger partial charge on any atom is -0.396 e. The maximum atomic E-state index is 13.3. The van der Waals surface area contributed by atoms with Gasteiger partial charge in [0.15, 0.2) is 0 Å². The van der Waals surface area contributed by atoms with E-state index < -0.39 is 17.5 Å². The van der Waals surface area contributed by atoms with Crippen molar-refractivity contribution in [2.24, 2.45) is 0 Å². The SMILES string of the molecule is Cc1ccc(F)cc1NC(=O)c1ccc(N)c(F)c1. The second kappa shape index (κ2) is 5.06. The molecule has 1 amide bonds. The third-order valence-corrected chi connectivity index (χ3v) is 2.71. The molecule has 2 rings (SSSR count). The molecule has 0 spiro atoms. The summed E-state index contributed by atoms with van der Waals surface area (Å²) in [5.74, 6) is -1.64. The molecular weight excluding hydrogens is 250 g/mol. The van der Waals surface area contributed by atoms with Crippen LogP contribution in [-0.2, 0) is 0 Å². The number of nitrogens with two attached hydrogens (primary N) is 1. The standard InChI is InChI=1S/C14H12F2N2O/c1-8-2-4-10(15)7-13(8)18-14(19)9-3-5-12(17)11(16)6-9/h2-7H,17H2,1H3,(H,18,19). The zero-order valence-electron chi connectivity index (χ0n) is 10.2. The number of amides is 1. The average molecular weight is 262 g/mol. The lowest BCUT2D eigenvalue weighted by atomic mass is 10.1. The van der Waals surface area contributed by atoms with Crippen molar-refractivity contribution < 1.29 is 13.6 Å². The highest BCUT2D eigenvalue weighted by molar-refractivity contribution is 6.04. The van der Waals surface area contributed by atoms with Crippen molar-refractivity contribution in [3.63, 3.8) is 0 Å². The molecule has 0 aromatic heterocycles. The van der Waals surface area contributed by atoms with Crippen molar-refractivity contribution >= 4 is 17.3 Å². The molecule has 3 N–H and O–H groups in total. The molecule has 98 valence electrons. The molecule has 0 bridgehead atoms. The van der Waals surface area contributed by atoms with Crippen LogP contribution in [0.1, 0.15) is 15.9 Å². The zero-order chi connectivity index (χ0) is 14.0. The van der Waals surface area contributed by atoms with Gasteiger partial charge in [-0.2, -0.15) is 0 Å². The Balaban J connectivity index is 2.25. The first-order chi connectivity index (χ1) is 8.97. The minimum absolute atomic E-state index is 0.0292. The average Bonchev–Trinajstić information content (AvgIpc) is 2.37. The van der Waals surface area contributed by atoms with Crippen LogP contribution in [0.5, 0.6) is 0 Å². The first-order valence-electron chi connectivity index (χ1n) is 5.60. The molecule has 0 aliphatic rings. The summed E-state index contributed by atoms with van der Waals surface area (Å²) in [4.78, 5) is 11.9. The molecule has 5 heteroatoms. The maximum Gasteiger partial charge on any atom is 0.255 e. The van der Waals surface area contributed by atoms with Gasteiger partial charge in [0.2, 0.25) is 0 Å². The molecule has 0 heterocycles. The molecule has 0 aliphatic carbocycles. The Morgan fingerprint density at radius 1 is 1.16 bits per heavy atom. The quantitative estimate of drug-likeness (QED) is 0.817. The Labute approximate surface area is 109 Å². The van der Waals surface area contributed by atoms with Gasteiger partial charge in [-0.1, -0.05) is 6.07 Å². The van der Waals surface area contributed by atoms with Gasteiger partial charge in [-0.05, 0) is 42.8 Å². The number of carbonyl (C=O) groups excluding carboxylic acids is 1. The van der Waals surface area contributed by atoms with Crippen LogP contribution in [-0.4, -0.2) is 5.91 Å². The van der Waals surface area contributed by atoms with Crippen LogP contribution in [0.4, 0.5) is 20.2 Å². The van der Waals surface area contributed by atoms with Gasteiger partial charge in [-0.15, -0.1) is 0 Å². The molecule has 0 radical (unpaired) electrons. The van der Waals surface area contributed by atoms with E-state index in [9.17, 15) is 13.6 Å². The highest BCUT2D eigenvalue weighted by Crippen LogP contribution is 2.18. The third-order valence-electron chi connectivity index (χ3n) is 2.71. The molecule has 0 saturated heterocycles.